The van der Waals surface area contributed by atoms with Crippen LogP contribution in [0.25, 0.3) is 0 Å². The van der Waals surface area contributed by atoms with E-state index in [9.17, 15) is 9.59 Å². The summed E-state index contributed by atoms with van der Waals surface area (Å²) in [6.07, 6.45) is 2.33. The van der Waals surface area contributed by atoms with Crippen molar-refractivity contribution < 1.29 is 18.8 Å². The molecule has 0 N–H and O–H groups in total. The van der Waals surface area contributed by atoms with E-state index in [1.165, 1.54) is 0 Å². The maximum Gasteiger partial charge on any atom is 0.311 e. The average Bonchev–Trinajstić information content (AvgIpc) is 2.40. The minimum atomic E-state index is -1.90. The predicted octanol–water partition coefficient (Wildman–Crippen LogP) is 5.36. The molecule has 0 aromatic rings. The van der Waals surface area contributed by atoms with Gasteiger partial charge in [-0.05, 0) is 65.1 Å². The Morgan fingerprint density at radius 3 is 1.96 bits per heavy atom. The van der Waals surface area contributed by atoms with Crippen LogP contribution in [0.3, 0.4) is 0 Å². The number of ether oxygens (including phenoxy) is 1. The average molecular weight is 373 g/mol. The number of carbonyl (C=O) groups excluding carboxylic acids is 2. The van der Waals surface area contributed by atoms with E-state index in [-0.39, 0.29) is 28.8 Å². The largest absolute Gasteiger partial charge is 0.465 e. The van der Waals surface area contributed by atoms with E-state index in [1.54, 1.807) is 6.92 Å². The SMILES string of the molecule is CC(=O)C(C)CC(CCCOC(=O)C(C)(C)C)O[Si](C)(C)C(C)(C)C. The number of carbonyl (C=O) groups is 2. The second-order valence-electron chi connectivity index (χ2n) is 9.78. The fourth-order valence-electron chi connectivity index (χ4n) is 2.07. The Morgan fingerprint density at radius 2 is 1.56 bits per heavy atom. The fourth-order valence-corrected chi connectivity index (χ4v) is 3.47. The number of Topliss-reactive ketones (excluding diaryl/α,β-unsaturated/α-hetero) is 1. The summed E-state index contributed by atoms with van der Waals surface area (Å²) in [4.78, 5) is 23.5. The van der Waals surface area contributed by atoms with Crippen LogP contribution in [0, 0.1) is 11.3 Å². The number of hydrogen-bond acceptors (Lipinski definition) is 4. The minimum absolute atomic E-state index is 0.00751. The summed E-state index contributed by atoms with van der Waals surface area (Å²) in [7, 11) is -1.90. The standard InChI is InChI=1S/C20H40O4Si/c1-15(16(2)21)14-17(24-25(9,10)20(6,7)8)12-11-13-23-18(22)19(3,4)5/h15,17H,11-14H2,1-10H3. The topological polar surface area (TPSA) is 52.6 Å². The van der Waals surface area contributed by atoms with Crippen molar-refractivity contribution in [1.29, 1.82) is 0 Å². The van der Waals surface area contributed by atoms with E-state index in [1.807, 2.05) is 27.7 Å². The molecule has 4 nitrogen and oxygen atoms in total. The van der Waals surface area contributed by atoms with Gasteiger partial charge in [0, 0.05) is 12.0 Å². The molecule has 0 bridgehead atoms. The molecule has 5 heteroatoms. The highest BCUT2D eigenvalue weighted by atomic mass is 28.4. The highest BCUT2D eigenvalue weighted by Crippen LogP contribution is 2.38. The zero-order valence-corrected chi connectivity index (χ0v) is 19.1. The van der Waals surface area contributed by atoms with Gasteiger partial charge in [0.05, 0.1) is 12.0 Å². The van der Waals surface area contributed by atoms with Crippen molar-refractivity contribution in [3.8, 4) is 0 Å². The van der Waals surface area contributed by atoms with Gasteiger partial charge in [-0.15, -0.1) is 0 Å². The fraction of sp³-hybridized carbons (Fsp3) is 0.900. The Morgan fingerprint density at radius 1 is 1.04 bits per heavy atom. The normalized spacial score (nSPS) is 15.6. The molecule has 0 aromatic heterocycles. The molecule has 148 valence electrons. The third-order valence-electron chi connectivity index (χ3n) is 5.09. The van der Waals surface area contributed by atoms with Crippen LogP contribution in [-0.4, -0.2) is 32.8 Å². The highest BCUT2D eigenvalue weighted by Gasteiger charge is 2.39. The molecule has 0 heterocycles. The van der Waals surface area contributed by atoms with Crippen LogP contribution >= 0.6 is 0 Å². The van der Waals surface area contributed by atoms with E-state index >= 15 is 0 Å². The van der Waals surface area contributed by atoms with Crippen molar-refractivity contribution in [3.63, 3.8) is 0 Å². The smallest absolute Gasteiger partial charge is 0.311 e. The van der Waals surface area contributed by atoms with E-state index in [0.29, 0.717) is 6.61 Å². The van der Waals surface area contributed by atoms with Crippen molar-refractivity contribution in [3.05, 3.63) is 0 Å². The molecule has 0 aliphatic heterocycles. The number of rotatable bonds is 9. The molecule has 2 unspecified atom stereocenters. The van der Waals surface area contributed by atoms with Crippen LogP contribution in [0.2, 0.25) is 18.1 Å². The Balaban J connectivity index is 4.76. The first-order chi connectivity index (χ1) is 11.1. The summed E-state index contributed by atoms with van der Waals surface area (Å²) in [5.74, 6) is 0.0151. The number of hydrogen-bond donors (Lipinski definition) is 0. The van der Waals surface area contributed by atoms with E-state index in [0.717, 1.165) is 19.3 Å². The third-order valence-corrected chi connectivity index (χ3v) is 9.63. The summed E-state index contributed by atoms with van der Waals surface area (Å²) >= 11 is 0. The molecule has 0 aliphatic carbocycles. The summed E-state index contributed by atoms with van der Waals surface area (Å²) in [6, 6.07) is 0. The lowest BCUT2D eigenvalue weighted by Gasteiger charge is -2.40. The molecule has 2 atom stereocenters. The molecule has 0 saturated carbocycles. The van der Waals surface area contributed by atoms with Crippen LogP contribution in [0.1, 0.15) is 74.7 Å². The molecule has 0 fully saturated rings. The lowest BCUT2D eigenvalue weighted by atomic mass is 9.97. The quantitative estimate of drug-likeness (QED) is 0.310. The first-order valence-electron chi connectivity index (χ1n) is 9.43. The van der Waals surface area contributed by atoms with Gasteiger partial charge in [0.2, 0.25) is 0 Å². The first-order valence-corrected chi connectivity index (χ1v) is 12.3. The Bertz CT molecular complexity index is 444. The molecule has 0 rings (SSSR count). The Kier molecular flexibility index (Phi) is 9.06. The van der Waals surface area contributed by atoms with Crippen molar-refractivity contribution in [1.82, 2.24) is 0 Å². The Hall–Kier alpha value is -0.683. The second-order valence-corrected chi connectivity index (χ2v) is 14.5. The van der Waals surface area contributed by atoms with Gasteiger partial charge in [-0.3, -0.25) is 9.59 Å². The van der Waals surface area contributed by atoms with Gasteiger partial charge in [-0.2, -0.15) is 0 Å². The molecule has 0 aliphatic rings. The zero-order valence-electron chi connectivity index (χ0n) is 18.1. The number of ketones is 1. The highest BCUT2D eigenvalue weighted by molar-refractivity contribution is 6.74. The maximum absolute atomic E-state index is 11.8. The summed E-state index contributed by atoms with van der Waals surface area (Å²) < 4.78 is 11.9. The zero-order chi connectivity index (χ0) is 20.1. The molecule has 0 amide bonds. The summed E-state index contributed by atoms with van der Waals surface area (Å²) in [6.45, 7) is 20.7. The molecule has 0 saturated heterocycles. The van der Waals surface area contributed by atoms with Crippen molar-refractivity contribution in [2.24, 2.45) is 11.3 Å². The summed E-state index contributed by atoms with van der Waals surface area (Å²) in [5, 5.41) is 0.128. The van der Waals surface area contributed by atoms with E-state index in [4.69, 9.17) is 9.16 Å². The molecule has 0 spiro atoms. The monoisotopic (exact) mass is 372 g/mol. The molecular weight excluding hydrogens is 332 g/mol. The molecule has 25 heavy (non-hydrogen) atoms. The van der Waals surface area contributed by atoms with Gasteiger partial charge in [-0.1, -0.05) is 27.7 Å². The van der Waals surface area contributed by atoms with Crippen LogP contribution in [0.5, 0.6) is 0 Å². The van der Waals surface area contributed by atoms with Gasteiger partial charge in [-0.25, -0.2) is 0 Å². The second kappa shape index (κ2) is 9.31. The maximum atomic E-state index is 11.8. The van der Waals surface area contributed by atoms with Gasteiger partial charge < -0.3 is 9.16 Å². The van der Waals surface area contributed by atoms with Crippen molar-refractivity contribution >= 4 is 20.1 Å². The molecule has 0 radical (unpaired) electrons. The van der Waals surface area contributed by atoms with Crippen molar-refractivity contribution in [2.45, 2.75) is 98.9 Å². The van der Waals surface area contributed by atoms with Crippen molar-refractivity contribution in [2.75, 3.05) is 6.61 Å². The Labute approximate surface area is 156 Å². The lowest BCUT2D eigenvalue weighted by molar-refractivity contribution is -0.153. The van der Waals surface area contributed by atoms with Crippen LogP contribution < -0.4 is 0 Å². The van der Waals surface area contributed by atoms with Gasteiger partial charge in [0.1, 0.15) is 5.78 Å². The number of esters is 1. The molecular formula is C20H40O4Si. The minimum Gasteiger partial charge on any atom is -0.465 e. The van der Waals surface area contributed by atoms with E-state index < -0.39 is 13.7 Å². The van der Waals surface area contributed by atoms with Gasteiger partial charge in [0.25, 0.3) is 0 Å². The van der Waals surface area contributed by atoms with Crippen LogP contribution in [0.4, 0.5) is 0 Å². The first kappa shape index (κ1) is 24.3. The van der Waals surface area contributed by atoms with E-state index in [2.05, 4.69) is 33.9 Å². The third kappa shape index (κ3) is 9.00. The predicted molar refractivity (Wildman–Crippen MR) is 106 cm³/mol. The van der Waals surface area contributed by atoms with Crippen LogP contribution in [-0.2, 0) is 18.8 Å². The van der Waals surface area contributed by atoms with Gasteiger partial charge in [0.15, 0.2) is 8.32 Å². The lowest BCUT2D eigenvalue weighted by Crippen LogP contribution is -2.44. The molecule has 0 aromatic carbocycles. The summed E-state index contributed by atoms with van der Waals surface area (Å²) in [5.41, 5.74) is -0.472. The van der Waals surface area contributed by atoms with Crippen LogP contribution in [0.15, 0.2) is 0 Å². The van der Waals surface area contributed by atoms with Gasteiger partial charge >= 0.3 is 5.97 Å².